The summed E-state index contributed by atoms with van der Waals surface area (Å²) in [5.74, 6) is 0.317. The summed E-state index contributed by atoms with van der Waals surface area (Å²) in [5, 5.41) is 19.8. The molecule has 0 aliphatic rings. The van der Waals surface area contributed by atoms with Crippen LogP contribution in [-0.2, 0) is 0 Å². The van der Waals surface area contributed by atoms with Gasteiger partial charge in [-0.15, -0.1) is 0 Å². The number of benzene rings is 3. The second kappa shape index (κ2) is 17.2. The van der Waals surface area contributed by atoms with E-state index < -0.39 is 7.32 Å². The molecule has 0 amide bonds. The van der Waals surface area contributed by atoms with Gasteiger partial charge in [0.15, 0.2) is 0 Å². The van der Waals surface area contributed by atoms with Crippen molar-refractivity contribution in [2.45, 2.75) is 0 Å². The van der Waals surface area contributed by atoms with Gasteiger partial charge in [0, 0.05) is 0 Å². The van der Waals surface area contributed by atoms with E-state index in [1.165, 1.54) is 0 Å². The molecular weight excluding hydrogens is 311 g/mol. The zero-order valence-electron chi connectivity index (χ0n) is 15.1. The molecule has 0 atom stereocenters. The molecule has 4 radical (unpaired) electrons. The summed E-state index contributed by atoms with van der Waals surface area (Å²) in [7, 11) is 8.48. The van der Waals surface area contributed by atoms with E-state index in [-0.39, 0.29) is 37.7 Å². The van der Waals surface area contributed by atoms with Gasteiger partial charge in [0.25, 0.3) is 0 Å². The van der Waals surface area contributed by atoms with Gasteiger partial charge in [0.2, 0.25) is 0 Å². The third-order valence-electron chi connectivity index (χ3n) is 2.57. The summed E-state index contributed by atoms with van der Waals surface area (Å²) in [4.78, 5) is 0. The smallest absolute Gasteiger partial charge is 0.860 e. The second-order valence-electron chi connectivity index (χ2n) is 4.54. The van der Waals surface area contributed by atoms with Crippen LogP contribution in [0.3, 0.4) is 0 Å². The van der Waals surface area contributed by atoms with E-state index in [9.17, 15) is 10.0 Å². The van der Waals surface area contributed by atoms with Crippen LogP contribution in [0.25, 0.3) is 0 Å². The van der Waals surface area contributed by atoms with Crippen molar-refractivity contribution < 1.29 is 52.4 Å². The van der Waals surface area contributed by atoms with Gasteiger partial charge in [-0.1, -0.05) is 89.8 Å². The predicted octanol–water partition coefficient (Wildman–Crippen LogP) is -6.26. The van der Waals surface area contributed by atoms with Crippen LogP contribution in [0.1, 0.15) is 0 Å². The Kier molecular flexibility index (Phi) is 17.9. The molecule has 116 valence electrons. The van der Waals surface area contributed by atoms with E-state index in [4.69, 9.17) is 15.7 Å². The van der Waals surface area contributed by atoms with Crippen molar-refractivity contribution in [2.75, 3.05) is 0 Å². The molecule has 0 spiro atoms. The molecule has 0 unspecified atom stereocenters. The van der Waals surface area contributed by atoms with Crippen molar-refractivity contribution in [3.05, 3.63) is 91.0 Å². The maximum absolute atomic E-state index is 9.92. The van der Waals surface area contributed by atoms with E-state index in [2.05, 4.69) is 4.65 Å². The van der Waals surface area contributed by atoms with Crippen molar-refractivity contribution in [1.82, 2.24) is 0 Å². The Hall–Kier alpha value is -1.23. The molecule has 8 heteroatoms. The Balaban J connectivity index is 0. The summed E-state index contributed by atoms with van der Waals surface area (Å²) in [6.45, 7) is 0. The van der Waals surface area contributed by atoms with Crippen molar-refractivity contribution in [3.63, 3.8) is 0 Å². The van der Waals surface area contributed by atoms with Gasteiger partial charge in [-0.2, -0.15) is 0 Å². The van der Waals surface area contributed by atoms with E-state index in [0.717, 1.165) is 10.9 Å². The van der Waals surface area contributed by atoms with Gasteiger partial charge in [-0.05, 0) is 12.1 Å². The van der Waals surface area contributed by atoms with Crippen molar-refractivity contribution in [3.8, 4) is 5.75 Å². The largest absolute Gasteiger partial charge is 1.00 e. The summed E-state index contributed by atoms with van der Waals surface area (Å²) in [6, 6.07) is 27.3. The molecule has 0 aliphatic heterocycles. The average Bonchev–Trinajstić information content (AvgIpc) is 2.58. The molecule has 0 saturated carbocycles. The van der Waals surface area contributed by atoms with Gasteiger partial charge in [-0.3, -0.25) is 0 Å². The molecule has 26 heavy (non-hydrogen) atoms. The molecule has 0 heterocycles. The number of para-hydroxylation sites is 1. The molecule has 3 aromatic rings. The fourth-order valence-electron chi connectivity index (χ4n) is 1.52. The molecular formula is C18H15B3Li2O3. The topological polar surface area (TPSA) is 55.3 Å². The van der Waals surface area contributed by atoms with Crippen molar-refractivity contribution in [2.24, 2.45) is 0 Å². The second-order valence-corrected chi connectivity index (χ2v) is 4.54. The summed E-state index contributed by atoms with van der Waals surface area (Å²) in [6.07, 6.45) is 0. The Morgan fingerprint density at radius 2 is 0.885 bits per heavy atom. The van der Waals surface area contributed by atoms with Crippen LogP contribution in [0.4, 0.5) is 0 Å². The summed E-state index contributed by atoms with van der Waals surface area (Å²) >= 11 is 0. The summed E-state index contributed by atoms with van der Waals surface area (Å²) in [5.41, 5.74) is 1.64. The van der Waals surface area contributed by atoms with Crippen LogP contribution in [-0.4, -0.2) is 23.0 Å². The average molecular weight is 326 g/mol. The Morgan fingerprint density at radius 1 is 0.577 bits per heavy atom. The molecule has 3 nitrogen and oxygen atoms in total. The first kappa shape index (κ1) is 27.0. The maximum atomic E-state index is 9.92. The quantitative estimate of drug-likeness (QED) is 0.441. The van der Waals surface area contributed by atoms with Gasteiger partial charge < -0.3 is 14.7 Å². The minimum atomic E-state index is -2.23. The van der Waals surface area contributed by atoms with Crippen LogP contribution < -0.4 is 63.3 Å². The maximum Gasteiger partial charge on any atom is 1.00 e. The van der Waals surface area contributed by atoms with Gasteiger partial charge >= 0.3 is 37.7 Å². The van der Waals surface area contributed by atoms with Crippen LogP contribution in [0.5, 0.6) is 5.75 Å². The van der Waals surface area contributed by atoms with E-state index in [1.54, 1.807) is 30.3 Å². The van der Waals surface area contributed by atoms with E-state index >= 15 is 0 Å². The predicted molar refractivity (Wildman–Crippen MR) is 96.5 cm³/mol. The molecule has 0 N–H and O–H groups in total. The molecule has 0 fully saturated rings. The van der Waals surface area contributed by atoms with Crippen LogP contribution in [0, 0.1) is 0 Å². The van der Waals surface area contributed by atoms with Gasteiger partial charge in [0.1, 0.15) is 23.0 Å². The Labute approximate surface area is 182 Å². The third-order valence-corrected chi connectivity index (χ3v) is 2.57. The fraction of sp³-hybridized carbons (Fsp3) is 0. The van der Waals surface area contributed by atoms with E-state index in [1.807, 2.05) is 60.7 Å². The first-order valence-electron chi connectivity index (χ1n) is 7.22. The molecule has 0 aliphatic carbocycles. The zero-order chi connectivity index (χ0) is 17.6. The molecule has 3 rings (SSSR count). The van der Waals surface area contributed by atoms with Crippen molar-refractivity contribution >= 4 is 33.9 Å². The minimum absolute atomic E-state index is 0. The first-order chi connectivity index (χ1) is 11.6. The van der Waals surface area contributed by atoms with E-state index in [0.29, 0.717) is 5.75 Å². The monoisotopic (exact) mass is 326 g/mol. The first-order valence-corrected chi connectivity index (χ1v) is 7.22. The van der Waals surface area contributed by atoms with Crippen molar-refractivity contribution in [1.29, 1.82) is 0 Å². The number of hydrogen-bond donors (Lipinski definition) is 0. The molecule has 3 aromatic carbocycles. The van der Waals surface area contributed by atoms with Crippen LogP contribution in [0.2, 0.25) is 0 Å². The zero-order valence-corrected chi connectivity index (χ0v) is 15.1. The number of hydrogen-bond acceptors (Lipinski definition) is 3. The standard InChI is InChI=1S/C6H5BO3.2C6H5B.2Li/c8-7(9)10-6-4-2-1-3-5-6;2*7-6-4-2-1-3-5-6;;/h1-5H;2*1-5H;;/q-2;;;2*+1. The third kappa shape index (κ3) is 15.1. The minimum Gasteiger partial charge on any atom is -0.860 e. The molecule has 0 saturated heterocycles. The SMILES string of the molecule is [B]c1ccccc1.[B]c1ccccc1.[Li+].[Li+].[O-]B([O-])Oc1ccccc1. The van der Waals surface area contributed by atoms with Crippen LogP contribution in [0.15, 0.2) is 91.0 Å². The number of rotatable bonds is 2. The van der Waals surface area contributed by atoms with Gasteiger partial charge in [-0.25, -0.2) is 0 Å². The normalized spacial score (nSPS) is 8.08. The Bertz CT molecular complexity index is 623. The van der Waals surface area contributed by atoms with Gasteiger partial charge in [0.05, 0.1) is 5.75 Å². The van der Waals surface area contributed by atoms with Crippen LogP contribution >= 0.6 is 0 Å². The Morgan fingerprint density at radius 3 is 1.12 bits per heavy atom. The fourth-order valence-corrected chi connectivity index (χ4v) is 1.52. The molecule has 0 bridgehead atoms. The molecule has 0 aromatic heterocycles. The summed E-state index contributed by atoms with van der Waals surface area (Å²) < 4.78 is 4.30.